The zero-order valence-corrected chi connectivity index (χ0v) is 12.9. The van der Waals surface area contributed by atoms with Crippen LogP contribution in [-0.2, 0) is 9.53 Å². The number of esters is 1. The molecule has 5 heteroatoms. The van der Waals surface area contributed by atoms with Gasteiger partial charge in [0.1, 0.15) is 5.60 Å². The second kappa shape index (κ2) is 4.68. The average Bonchev–Trinajstić information content (AvgIpc) is 2.54. The van der Waals surface area contributed by atoms with Gasteiger partial charge in [-0.25, -0.2) is 0 Å². The molecule has 0 aromatic rings. The largest absolute Gasteiger partial charge is 0.460 e. The van der Waals surface area contributed by atoms with Gasteiger partial charge in [-0.3, -0.25) is 14.9 Å². The third-order valence-corrected chi connectivity index (χ3v) is 5.44. The second-order valence-corrected chi connectivity index (χ2v) is 7.98. The maximum absolute atomic E-state index is 12.4. The Bertz CT molecular complexity index is 545. The molecule has 0 radical (unpaired) electrons. The Kier molecular flexibility index (Phi) is 2.77. The number of carbonyl (C=O) groups is 1. The number of hydrogen-bond acceptors (Lipinski definition) is 4. The number of rotatable bonds is 4. The minimum absolute atomic E-state index is 0.0384. The van der Waals surface area contributed by atoms with Crippen molar-refractivity contribution in [2.24, 2.45) is 29.1 Å². The van der Waals surface area contributed by atoms with E-state index in [0.717, 1.165) is 12.8 Å². The molecule has 0 amide bonds. The van der Waals surface area contributed by atoms with Crippen LogP contribution in [0.4, 0.5) is 0 Å². The molecule has 0 aromatic heterocycles. The number of hydrogen-bond donors (Lipinski definition) is 0. The minimum Gasteiger partial charge on any atom is -0.460 e. The fourth-order valence-electron chi connectivity index (χ4n) is 4.96. The van der Waals surface area contributed by atoms with Gasteiger partial charge in [-0.05, 0) is 63.7 Å². The topological polar surface area (TPSA) is 69.4 Å². The molecule has 3 aliphatic rings. The summed E-state index contributed by atoms with van der Waals surface area (Å²) >= 11 is 0. The molecule has 0 N–H and O–H groups in total. The Labute approximate surface area is 128 Å². The van der Waals surface area contributed by atoms with Crippen LogP contribution in [0, 0.1) is 39.2 Å². The normalized spacial score (nSPS) is 44.3. The third kappa shape index (κ3) is 2.44. The van der Waals surface area contributed by atoms with E-state index >= 15 is 0 Å². The quantitative estimate of drug-likeness (QED) is 0.454. The smallest absolute Gasteiger partial charge is 0.307 e. The molecule has 0 aromatic carbocycles. The summed E-state index contributed by atoms with van der Waals surface area (Å²) in [6, 6.07) is 0. The first-order chi connectivity index (χ1) is 10.4. The average molecular weight is 297 g/mol. The van der Waals surface area contributed by atoms with Gasteiger partial charge in [-0.2, -0.15) is 0 Å². The molecule has 2 bridgehead atoms. The number of fused-ring (bicyclic) bond motifs is 1. The highest BCUT2D eigenvalue weighted by Crippen LogP contribution is 2.70. The summed E-state index contributed by atoms with van der Waals surface area (Å²) in [5.41, 5.74) is -1.51. The molecule has 118 valence electrons. The lowest BCUT2D eigenvalue weighted by atomic mass is 9.45. The van der Waals surface area contributed by atoms with Crippen molar-refractivity contribution in [1.29, 1.82) is 0 Å². The Morgan fingerprint density at radius 2 is 2.14 bits per heavy atom. The molecule has 0 unspecified atom stereocenters. The van der Waals surface area contributed by atoms with Gasteiger partial charge >= 0.3 is 5.97 Å². The minimum atomic E-state index is -1.42. The number of nitrogens with zero attached hydrogens (tertiary/aromatic N) is 1. The van der Waals surface area contributed by atoms with Crippen LogP contribution in [0.5, 0.6) is 0 Å². The third-order valence-electron chi connectivity index (χ3n) is 5.44. The standard InChI is InChI=1S/C16H25NO4/c1-15(2,3)21-14(18)8-16(9-17(19)20)12-5-4-10-6-11(12)13(16)7-10/h10-13H,4-9H2,1-3H3/t10-,11-,12+,13-,16-/m1/s1/i5D2. The molecule has 0 heterocycles. The predicted molar refractivity (Wildman–Crippen MR) is 77.2 cm³/mol. The molecule has 3 fully saturated rings. The molecule has 3 aliphatic carbocycles. The van der Waals surface area contributed by atoms with Gasteiger partial charge in [-0.1, -0.05) is 6.42 Å². The molecule has 5 nitrogen and oxygen atoms in total. The van der Waals surface area contributed by atoms with Crippen molar-refractivity contribution < 1.29 is 17.2 Å². The van der Waals surface area contributed by atoms with Gasteiger partial charge in [0.2, 0.25) is 6.54 Å². The first-order valence-electron chi connectivity index (χ1n) is 8.78. The summed E-state index contributed by atoms with van der Waals surface area (Å²) in [6.07, 6.45) is 0.792. The van der Waals surface area contributed by atoms with Crippen LogP contribution in [0.25, 0.3) is 0 Å². The molecular formula is C16H25NO4. The van der Waals surface area contributed by atoms with Crippen LogP contribution in [0.15, 0.2) is 0 Å². The second-order valence-electron chi connectivity index (χ2n) is 7.98. The highest BCUT2D eigenvalue weighted by Gasteiger charge is 2.69. The van der Waals surface area contributed by atoms with E-state index in [0.29, 0.717) is 12.3 Å². The number of nitro groups is 1. The molecule has 3 rings (SSSR count). The SMILES string of the molecule is [2H]C1([2H])C[C@@H]2C[C@H]3[C@@H](C2)[C@](CC(=O)OC(C)(C)C)(C[N+](=O)[O-])[C@H]31. The van der Waals surface area contributed by atoms with Crippen LogP contribution >= 0.6 is 0 Å². The molecule has 21 heavy (non-hydrogen) atoms. The summed E-state index contributed by atoms with van der Waals surface area (Å²) in [7, 11) is 0. The van der Waals surface area contributed by atoms with Crippen LogP contribution in [-0.4, -0.2) is 23.0 Å². The molecular weight excluding hydrogens is 270 g/mol. The van der Waals surface area contributed by atoms with Gasteiger partial charge in [0.25, 0.3) is 0 Å². The van der Waals surface area contributed by atoms with E-state index in [1.54, 1.807) is 20.8 Å². The number of ether oxygens (including phenoxy) is 1. The fraction of sp³-hybridized carbons (Fsp3) is 0.938. The maximum atomic E-state index is 12.4. The van der Waals surface area contributed by atoms with Crippen molar-refractivity contribution in [2.45, 2.75) is 58.4 Å². The van der Waals surface area contributed by atoms with Gasteiger partial charge in [0.05, 0.1) is 11.8 Å². The summed E-state index contributed by atoms with van der Waals surface area (Å²) in [6.45, 7) is 4.99. The van der Waals surface area contributed by atoms with E-state index in [-0.39, 0.29) is 29.7 Å². The van der Waals surface area contributed by atoms with Crippen molar-refractivity contribution >= 4 is 5.97 Å². The van der Waals surface area contributed by atoms with Crippen molar-refractivity contribution in [1.82, 2.24) is 0 Å². The first-order valence-corrected chi connectivity index (χ1v) is 7.78. The van der Waals surface area contributed by atoms with Crippen molar-refractivity contribution in [3.05, 3.63) is 10.1 Å². The van der Waals surface area contributed by atoms with Crippen LogP contribution in [0.3, 0.4) is 0 Å². The zero-order valence-electron chi connectivity index (χ0n) is 14.9. The van der Waals surface area contributed by atoms with Crippen LogP contribution in [0.2, 0.25) is 0 Å². The first kappa shape index (κ1) is 12.4. The Hall–Kier alpha value is -1.13. The zero-order chi connectivity index (χ0) is 17.2. The van der Waals surface area contributed by atoms with Gasteiger partial charge < -0.3 is 4.74 Å². The summed E-state index contributed by atoms with van der Waals surface area (Å²) in [5.74, 6) is -0.233. The van der Waals surface area contributed by atoms with E-state index in [2.05, 4.69) is 0 Å². The fourth-order valence-corrected chi connectivity index (χ4v) is 4.96. The molecule has 3 saturated carbocycles. The Morgan fingerprint density at radius 3 is 2.76 bits per heavy atom. The van der Waals surface area contributed by atoms with Crippen molar-refractivity contribution in [2.75, 3.05) is 6.54 Å². The summed E-state index contributed by atoms with van der Waals surface area (Å²) < 4.78 is 22.2. The summed E-state index contributed by atoms with van der Waals surface area (Å²) in [4.78, 5) is 23.3. The maximum Gasteiger partial charge on any atom is 0.307 e. The molecule has 0 aliphatic heterocycles. The predicted octanol–water partition coefficient (Wildman–Crippen LogP) is 3.05. The molecule has 0 spiro atoms. The highest BCUT2D eigenvalue weighted by atomic mass is 16.6. The number of carbonyl (C=O) groups excluding carboxylic acids is 1. The van der Waals surface area contributed by atoms with E-state index in [1.165, 1.54) is 0 Å². The Balaban J connectivity index is 1.89. The van der Waals surface area contributed by atoms with Gasteiger partial charge in [0, 0.05) is 7.66 Å². The van der Waals surface area contributed by atoms with Gasteiger partial charge in [0.15, 0.2) is 0 Å². The van der Waals surface area contributed by atoms with E-state index in [1.807, 2.05) is 0 Å². The van der Waals surface area contributed by atoms with E-state index < -0.39 is 29.3 Å². The highest BCUT2D eigenvalue weighted by molar-refractivity contribution is 5.71. The lowest BCUT2D eigenvalue weighted by Gasteiger charge is -2.57. The van der Waals surface area contributed by atoms with Crippen LogP contribution in [0.1, 0.15) is 55.6 Å². The van der Waals surface area contributed by atoms with Crippen molar-refractivity contribution in [3.8, 4) is 0 Å². The van der Waals surface area contributed by atoms with Gasteiger partial charge in [-0.15, -0.1) is 0 Å². The molecule has 0 saturated heterocycles. The Morgan fingerprint density at radius 1 is 1.43 bits per heavy atom. The van der Waals surface area contributed by atoms with Crippen molar-refractivity contribution in [3.63, 3.8) is 0 Å². The van der Waals surface area contributed by atoms with E-state index in [4.69, 9.17) is 7.48 Å². The lowest BCUT2D eigenvalue weighted by Crippen LogP contribution is -2.59. The van der Waals surface area contributed by atoms with Crippen LogP contribution < -0.4 is 0 Å². The monoisotopic (exact) mass is 297 g/mol. The summed E-state index contributed by atoms with van der Waals surface area (Å²) in [5, 5.41) is 11.3. The molecule has 5 atom stereocenters. The van der Waals surface area contributed by atoms with E-state index in [9.17, 15) is 14.9 Å². The lowest BCUT2D eigenvalue weighted by molar-refractivity contribution is -0.512.